The number of rotatable bonds is 5. The lowest BCUT2D eigenvalue weighted by Gasteiger charge is -2.30. The Morgan fingerprint density at radius 1 is 1.24 bits per heavy atom. The maximum Gasteiger partial charge on any atom is 0.219 e. The van der Waals surface area contributed by atoms with Crippen molar-refractivity contribution >= 4 is 5.91 Å². The smallest absolute Gasteiger partial charge is 0.219 e. The van der Waals surface area contributed by atoms with Crippen LogP contribution in [0.15, 0.2) is 18.5 Å². The highest BCUT2D eigenvalue weighted by molar-refractivity contribution is 5.73. The number of hydrogen-bond acceptors (Lipinski definition) is 5. The number of carbonyl (C=O) groups is 1. The summed E-state index contributed by atoms with van der Waals surface area (Å²) in [5, 5.41) is 14.5. The lowest BCUT2D eigenvalue weighted by atomic mass is 10.0. The molecule has 0 saturated carbocycles. The second-order valence-corrected chi connectivity index (χ2v) is 7.54. The molecule has 1 aromatic rings. The van der Waals surface area contributed by atoms with E-state index in [1.807, 2.05) is 17.2 Å². The fraction of sp³-hybridized carbons (Fsp3) is 0.778. The van der Waals surface area contributed by atoms with Crippen LogP contribution in [0.2, 0.25) is 0 Å². The molecule has 0 aliphatic carbocycles. The predicted molar refractivity (Wildman–Crippen MR) is 96.1 cm³/mol. The third-order valence-electron chi connectivity index (χ3n) is 5.52. The SMILES string of the molecule is CC(=O)N1CCCN([C@@H]2CN(C[C@H](O)Cn3cccn3)C[C@@H]2C)CC1. The van der Waals surface area contributed by atoms with Gasteiger partial charge in [-0.25, -0.2) is 0 Å². The average molecular weight is 349 g/mol. The molecule has 0 spiro atoms. The molecular formula is C18H31N5O2. The van der Waals surface area contributed by atoms with Gasteiger partial charge in [-0.15, -0.1) is 0 Å². The Bertz CT molecular complexity index is 550. The average Bonchev–Trinajstić information content (AvgIpc) is 3.10. The number of amides is 1. The summed E-state index contributed by atoms with van der Waals surface area (Å²) in [6, 6.07) is 2.40. The first-order chi connectivity index (χ1) is 12.0. The van der Waals surface area contributed by atoms with Gasteiger partial charge in [-0.05, 0) is 18.4 Å². The van der Waals surface area contributed by atoms with Crippen molar-refractivity contribution < 1.29 is 9.90 Å². The van der Waals surface area contributed by atoms with Crippen molar-refractivity contribution in [2.24, 2.45) is 5.92 Å². The highest BCUT2D eigenvalue weighted by atomic mass is 16.3. The highest BCUT2D eigenvalue weighted by Crippen LogP contribution is 2.23. The molecule has 3 atom stereocenters. The fourth-order valence-electron chi connectivity index (χ4n) is 4.24. The number of aliphatic hydroxyl groups excluding tert-OH is 1. The minimum absolute atomic E-state index is 0.185. The number of likely N-dealkylation sites (tertiary alicyclic amines) is 1. The van der Waals surface area contributed by atoms with Crippen LogP contribution in [0.1, 0.15) is 20.3 Å². The third kappa shape index (κ3) is 4.80. The number of carbonyl (C=O) groups excluding carboxylic acids is 1. The molecule has 0 bridgehead atoms. The van der Waals surface area contributed by atoms with Gasteiger partial charge in [-0.1, -0.05) is 6.92 Å². The van der Waals surface area contributed by atoms with Crippen LogP contribution in [0.5, 0.6) is 0 Å². The van der Waals surface area contributed by atoms with Gasteiger partial charge < -0.3 is 10.0 Å². The van der Waals surface area contributed by atoms with E-state index in [0.717, 1.165) is 45.7 Å². The van der Waals surface area contributed by atoms with E-state index < -0.39 is 6.10 Å². The van der Waals surface area contributed by atoms with Gasteiger partial charge in [0.2, 0.25) is 5.91 Å². The van der Waals surface area contributed by atoms with Gasteiger partial charge in [-0.2, -0.15) is 5.10 Å². The Morgan fingerprint density at radius 2 is 2.08 bits per heavy atom. The topological polar surface area (TPSA) is 64.8 Å². The van der Waals surface area contributed by atoms with E-state index >= 15 is 0 Å². The summed E-state index contributed by atoms with van der Waals surface area (Å²) in [5.41, 5.74) is 0. The van der Waals surface area contributed by atoms with Gasteiger partial charge in [0.05, 0.1) is 12.6 Å². The molecule has 0 aromatic carbocycles. The van der Waals surface area contributed by atoms with Crippen molar-refractivity contribution in [1.82, 2.24) is 24.5 Å². The first kappa shape index (κ1) is 18.4. The monoisotopic (exact) mass is 349 g/mol. The fourth-order valence-corrected chi connectivity index (χ4v) is 4.24. The van der Waals surface area contributed by atoms with Crippen LogP contribution in [0.3, 0.4) is 0 Å². The molecule has 0 unspecified atom stereocenters. The van der Waals surface area contributed by atoms with Crippen molar-refractivity contribution in [3.63, 3.8) is 0 Å². The van der Waals surface area contributed by atoms with Gasteiger partial charge >= 0.3 is 0 Å². The number of β-amino-alcohol motifs (C(OH)–C–C–N with tert-alkyl or cyclic N) is 1. The van der Waals surface area contributed by atoms with Crippen molar-refractivity contribution in [2.75, 3.05) is 45.8 Å². The minimum atomic E-state index is -0.400. The standard InChI is InChI=1S/C18H31N5O2/c1-15-11-20(12-17(25)13-23-8-3-5-19-23)14-18(15)22-7-4-6-21(9-10-22)16(2)24/h3,5,8,15,17-18,25H,4,6-7,9-14H2,1-2H3/t15-,17-,18+/m0/s1. The molecule has 0 radical (unpaired) electrons. The highest BCUT2D eigenvalue weighted by Gasteiger charge is 2.35. The molecule has 25 heavy (non-hydrogen) atoms. The van der Waals surface area contributed by atoms with Crippen LogP contribution in [-0.4, -0.2) is 93.5 Å². The minimum Gasteiger partial charge on any atom is -0.390 e. The van der Waals surface area contributed by atoms with Gasteiger partial charge in [0.25, 0.3) is 0 Å². The maximum absolute atomic E-state index is 11.6. The Balaban J connectivity index is 1.50. The normalized spacial score (nSPS) is 27.4. The lowest BCUT2D eigenvalue weighted by Crippen LogP contribution is -2.43. The summed E-state index contributed by atoms with van der Waals surface area (Å²) in [6.45, 7) is 10.9. The zero-order chi connectivity index (χ0) is 17.8. The second kappa shape index (κ2) is 8.29. The van der Waals surface area contributed by atoms with E-state index in [-0.39, 0.29) is 5.91 Å². The Kier molecular flexibility index (Phi) is 6.09. The number of hydrogen-bond donors (Lipinski definition) is 1. The summed E-state index contributed by atoms with van der Waals surface area (Å²) in [7, 11) is 0. The maximum atomic E-state index is 11.6. The van der Waals surface area contributed by atoms with Crippen molar-refractivity contribution in [3.05, 3.63) is 18.5 Å². The summed E-state index contributed by atoms with van der Waals surface area (Å²) in [5.74, 6) is 0.769. The summed E-state index contributed by atoms with van der Waals surface area (Å²) in [4.78, 5) is 18.5. The van der Waals surface area contributed by atoms with E-state index in [1.54, 1.807) is 17.8 Å². The molecule has 1 aromatic heterocycles. The molecule has 1 amide bonds. The Hall–Kier alpha value is -1.44. The Labute approximate surface area is 150 Å². The van der Waals surface area contributed by atoms with Crippen molar-refractivity contribution in [3.8, 4) is 0 Å². The third-order valence-corrected chi connectivity index (χ3v) is 5.52. The quantitative estimate of drug-likeness (QED) is 0.818. The predicted octanol–water partition coefficient (Wildman–Crippen LogP) is 0.119. The zero-order valence-electron chi connectivity index (χ0n) is 15.4. The first-order valence-electron chi connectivity index (χ1n) is 9.40. The molecule has 7 heteroatoms. The second-order valence-electron chi connectivity index (χ2n) is 7.54. The van der Waals surface area contributed by atoms with Crippen molar-refractivity contribution in [2.45, 2.75) is 39.0 Å². The van der Waals surface area contributed by atoms with E-state index in [1.165, 1.54) is 0 Å². The van der Waals surface area contributed by atoms with Crippen LogP contribution in [0.25, 0.3) is 0 Å². The lowest BCUT2D eigenvalue weighted by molar-refractivity contribution is -0.128. The summed E-state index contributed by atoms with van der Waals surface area (Å²) >= 11 is 0. The van der Waals surface area contributed by atoms with Gasteiger partial charge in [0.1, 0.15) is 0 Å². The molecule has 3 heterocycles. The number of aromatic nitrogens is 2. The first-order valence-corrected chi connectivity index (χ1v) is 9.40. The molecule has 2 aliphatic rings. The molecule has 2 aliphatic heterocycles. The van der Waals surface area contributed by atoms with Gasteiger partial charge in [0, 0.05) is 71.2 Å². The molecule has 3 rings (SSSR count). The van der Waals surface area contributed by atoms with E-state index in [4.69, 9.17) is 0 Å². The zero-order valence-corrected chi connectivity index (χ0v) is 15.4. The van der Waals surface area contributed by atoms with Crippen LogP contribution in [-0.2, 0) is 11.3 Å². The molecule has 1 N–H and O–H groups in total. The Morgan fingerprint density at radius 3 is 2.80 bits per heavy atom. The van der Waals surface area contributed by atoms with Crippen LogP contribution in [0, 0.1) is 5.92 Å². The number of nitrogens with zero attached hydrogens (tertiary/aromatic N) is 5. The summed E-state index contributed by atoms with van der Waals surface area (Å²) < 4.78 is 1.78. The molecular weight excluding hydrogens is 318 g/mol. The van der Waals surface area contributed by atoms with Crippen LogP contribution in [0.4, 0.5) is 0 Å². The molecule has 7 nitrogen and oxygen atoms in total. The van der Waals surface area contributed by atoms with Crippen LogP contribution < -0.4 is 0 Å². The van der Waals surface area contributed by atoms with E-state index in [0.29, 0.717) is 25.0 Å². The number of aliphatic hydroxyl groups is 1. The molecule has 2 saturated heterocycles. The van der Waals surface area contributed by atoms with Crippen molar-refractivity contribution in [1.29, 1.82) is 0 Å². The summed E-state index contributed by atoms with van der Waals surface area (Å²) in [6.07, 6.45) is 4.27. The van der Waals surface area contributed by atoms with Crippen LogP contribution >= 0.6 is 0 Å². The van der Waals surface area contributed by atoms with Gasteiger partial charge in [-0.3, -0.25) is 19.3 Å². The largest absolute Gasteiger partial charge is 0.390 e. The molecule has 140 valence electrons. The molecule has 2 fully saturated rings. The van der Waals surface area contributed by atoms with E-state index in [9.17, 15) is 9.90 Å². The van der Waals surface area contributed by atoms with Gasteiger partial charge in [0.15, 0.2) is 0 Å². The van der Waals surface area contributed by atoms with E-state index in [2.05, 4.69) is 21.8 Å².